The molecule has 3 heterocycles. The molecule has 0 saturated carbocycles. The SMILES string of the molecule is Cc1cn2cccc(OCC(=O)NCCCCN3CCCC3)c2n1. The number of pyridine rings is 1. The molecule has 0 radical (unpaired) electrons. The van der Waals surface area contributed by atoms with Crippen LogP contribution in [0.5, 0.6) is 5.75 Å². The van der Waals surface area contributed by atoms with Gasteiger partial charge in [-0.2, -0.15) is 0 Å². The molecule has 2 aromatic heterocycles. The Kier molecular flexibility index (Phi) is 5.69. The fourth-order valence-corrected chi connectivity index (χ4v) is 3.11. The van der Waals surface area contributed by atoms with Gasteiger partial charge in [0.2, 0.25) is 0 Å². The summed E-state index contributed by atoms with van der Waals surface area (Å²) in [4.78, 5) is 18.8. The van der Waals surface area contributed by atoms with E-state index in [1.165, 1.54) is 25.9 Å². The molecule has 6 heteroatoms. The van der Waals surface area contributed by atoms with Crippen LogP contribution in [-0.2, 0) is 4.79 Å². The fraction of sp³-hybridized carbons (Fsp3) is 0.556. The summed E-state index contributed by atoms with van der Waals surface area (Å²) in [5, 5.41) is 2.92. The minimum Gasteiger partial charge on any atom is -0.480 e. The van der Waals surface area contributed by atoms with E-state index in [9.17, 15) is 4.79 Å². The zero-order valence-electron chi connectivity index (χ0n) is 14.3. The van der Waals surface area contributed by atoms with Crippen LogP contribution >= 0.6 is 0 Å². The van der Waals surface area contributed by atoms with Gasteiger partial charge in [0.25, 0.3) is 5.91 Å². The Hall–Kier alpha value is -2.08. The molecule has 6 nitrogen and oxygen atoms in total. The van der Waals surface area contributed by atoms with Crippen molar-refractivity contribution in [2.24, 2.45) is 0 Å². The van der Waals surface area contributed by atoms with E-state index in [4.69, 9.17) is 4.74 Å². The number of carbonyl (C=O) groups excluding carboxylic acids is 1. The fourth-order valence-electron chi connectivity index (χ4n) is 3.11. The van der Waals surface area contributed by atoms with Crippen LogP contribution in [0, 0.1) is 6.92 Å². The Balaban J connectivity index is 1.36. The maximum absolute atomic E-state index is 11.9. The smallest absolute Gasteiger partial charge is 0.257 e. The number of fused-ring (bicyclic) bond motifs is 1. The van der Waals surface area contributed by atoms with E-state index in [2.05, 4.69) is 15.2 Å². The number of hydrogen-bond donors (Lipinski definition) is 1. The van der Waals surface area contributed by atoms with Crippen LogP contribution in [0.1, 0.15) is 31.4 Å². The molecule has 24 heavy (non-hydrogen) atoms. The van der Waals surface area contributed by atoms with E-state index >= 15 is 0 Å². The van der Waals surface area contributed by atoms with E-state index < -0.39 is 0 Å². The van der Waals surface area contributed by atoms with Gasteiger partial charge in [-0.05, 0) is 64.4 Å². The number of amides is 1. The number of imidazole rings is 1. The van der Waals surface area contributed by atoms with Crippen molar-refractivity contribution < 1.29 is 9.53 Å². The quantitative estimate of drug-likeness (QED) is 0.752. The van der Waals surface area contributed by atoms with Gasteiger partial charge in [-0.3, -0.25) is 4.79 Å². The van der Waals surface area contributed by atoms with E-state index in [0.717, 1.165) is 30.7 Å². The third kappa shape index (κ3) is 4.47. The van der Waals surface area contributed by atoms with Gasteiger partial charge >= 0.3 is 0 Å². The second kappa shape index (κ2) is 8.15. The molecule has 0 bridgehead atoms. The standard InChI is InChI=1S/C18H26N4O2/c1-15-13-22-12-6-7-16(18(22)20-15)24-14-17(23)19-8-2-3-9-21-10-4-5-11-21/h6-7,12-13H,2-5,8-11,14H2,1H3,(H,19,23). The lowest BCUT2D eigenvalue weighted by Crippen LogP contribution is -2.30. The van der Waals surface area contributed by atoms with E-state index in [-0.39, 0.29) is 12.5 Å². The predicted octanol–water partition coefficient (Wildman–Crippen LogP) is 2.01. The first-order chi connectivity index (χ1) is 11.7. The van der Waals surface area contributed by atoms with Crippen molar-refractivity contribution in [1.29, 1.82) is 0 Å². The highest BCUT2D eigenvalue weighted by Crippen LogP contribution is 2.18. The number of aromatic nitrogens is 2. The van der Waals surface area contributed by atoms with Crippen molar-refractivity contribution in [3.8, 4) is 5.75 Å². The maximum atomic E-state index is 11.9. The highest BCUT2D eigenvalue weighted by Gasteiger charge is 2.11. The lowest BCUT2D eigenvalue weighted by atomic mass is 10.3. The summed E-state index contributed by atoms with van der Waals surface area (Å²) < 4.78 is 7.53. The van der Waals surface area contributed by atoms with Crippen LogP contribution < -0.4 is 10.1 Å². The van der Waals surface area contributed by atoms with Gasteiger partial charge in [0, 0.05) is 18.9 Å². The zero-order chi connectivity index (χ0) is 16.8. The Labute approximate surface area is 142 Å². The number of nitrogens with zero attached hydrogens (tertiary/aromatic N) is 3. The van der Waals surface area contributed by atoms with Crippen molar-refractivity contribution >= 4 is 11.6 Å². The monoisotopic (exact) mass is 330 g/mol. The van der Waals surface area contributed by atoms with Crippen LogP contribution in [-0.4, -0.2) is 53.0 Å². The van der Waals surface area contributed by atoms with Gasteiger partial charge in [-0.1, -0.05) is 0 Å². The van der Waals surface area contributed by atoms with Gasteiger partial charge in [0.15, 0.2) is 18.0 Å². The minimum absolute atomic E-state index is 0.0255. The lowest BCUT2D eigenvalue weighted by Gasteiger charge is -2.14. The second-order valence-electron chi connectivity index (χ2n) is 6.38. The number of likely N-dealkylation sites (tertiary alicyclic amines) is 1. The normalized spacial score (nSPS) is 15.0. The maximum Gasteiger partial charge on any atom is 0.257 e. The summed E-state index contributed by atoms with van der Waals surface area (Å²) in [6.45, 7) is 6.29. The Morgan fingerprint density at radius 1 is 1.33 bits per heavy atom. The van der Waals surface area contributed by atoms with Crippen LogP contribution in [0.15, 0.2) is 24.5 Å². The molecule has 1 fully saturated rings. The molecule has 130 valence electrons. The molecular formula is C18H26N4O2. The summed E-state index contributed by atoms with van der Waals surface area (Å²) in [6, 6.07) is 3.73. The number of carbonyl (C=O) groups is 1. The number of hydrogen-bond acceptors (Lipinski definition) is 4. The summed E-state index contributed by atoms with van der Waals surface area (Å²) in [6.07, 6.45) is 8.66. The molecule has 0 atom stereocenters. The number of aryl methyl sites for hydroxylation is 1. The summed E-state index contributed by atoms with van der Waals surface area (Å²) >= 11 is 0. The largest absolute Gasteiger partial charge is 0.480 e. The molecule has 2 aromatic rings. The molecule has 3 rings (SSSR count). The van der Waals surface area contributed by atoms with Crippen molar-refractivity contribution in [2.75, 3.05) is 32.8 Å². The zero-order valence-corrected chi connectivity index (χ0v) is 14.3. The van der Waals surface area contributed by atoms with E-state index in [1.807, 2.05) is 35.9 Å². The van der Waals surface area contributed by atoms with Crippen LogP contribution in [0.25, 0.3) is 5.65 Å². The summed E-state index contributed by atoms with van der Waals surface area (Å²) in [5.74, 6) is 0.552. The topological polar surface area (TPSA) is 58.9 Å². The van der Waals surface area contributed by atoms with Crippen LogP contribution in [0.3, 0.4) is 0 Å². The van der Waals surface area contributed by atoms with Crippen molar-refractivity contribution in [2.45, 2.75) is 32.6 Å². The number of rotatable bonds is 8. The second-order valence-corrected chi connectivity index (χ2v) is 6.38. The molecule has 0 spiro atoms. The number of ether oxygens (including phenoxy) is 1. The lowest BCUT2D eigenvalue weighted by molar-refractivity contribution is -0.123. The third-order valence-corrected chi connectivity index (χ3v) is 4.35. The van der Waals surface area contributed by atoms with Gasteiger partial charge in [-0.15, -0.1) is 0 Å². The Morgan fingerprint density at radius 3 is 3.00 bits per heavy atom. The molecule has 1 N–H and O–H groups in total. The molecule has 1 aliphatic rings. The average Bonchev–Trinajstić information content (AvgIpc) is 3.21. The molecular weight excluding hydrogens is 304 g/mol. The summed E-state index contributed by atoms with van der Waals surface area (Å²) in [5.41, 5.74) is 1.67. The Morgan fingerprint density at radius 2 is 2.17 bits per heavy atom. The van der Waals surface area contributed by atoms with E-state index in [0.29, 0.717) is 12.3 Å². The highest BCUT2D eigenvalue weighted by atomic mass is 16.5. The van der Waals surface area contributed by atoms with Gasteiger partial charge < -0.3 is 19.4 Å². The first-order valence-electron chi connectivity index (χ1n) is 8.78. The average molecular weight is 330 g/mol. The first-order valence-corrected chi connectivity index (χ1v) is 8.78. The minimum atomic E-state index is -0.0820. The van der Waals surface area contributed by atoms with Gasteiger partial charge in [0.05, 0.1) is 5.69 Å². The molecule has 0 aromatic carbocycles. The molecule has 0 unspecified atom stereocenters. The van der Waals surface area contributed by atoms with Gasteiger partial charge in [-0.25, -0.2) is 4.98 Å². The molecule has 1 amide bonds. The van der Waals surface area contributed by atoms with Crippen molar-refractivity contribution in [3.63, 3.8) is 0 Å². The van der Waals surface area contributed by atoms with Gasteiger partial charge in [0.1, 0.15) is 0 Å². The van der Waals surface area contributed by atoms with Crippen molar-refractivity contribution in [3.05, 3.63) is 30.2 Å². The number of nitrogens with one attached hydrogen (secondary N) is 1. The molecule has 1 aliphatic heterocycles. The molecule has 1 saturated heterocycles. The number of unbranched alkanes of at least 4 members (excludes halogenated alkanes) is 1. The summed E-state index contributed by atoms with van der Waals surface area (Å²) in [7, 11) is 0. The van der Waals surface area contributed by atoms with E-state index in [1.54, 1.807) is 0 Å². The first kappa shape index (κ1) is 16.8. The van der Waals surface area contributed by atoms with Crippen molar-refractivity contribution in [1.82, 2.24) is 19.6 Å². The Bertz CT molecular complexity index is 677. The molecule has 0 aliphatic carbocycles. The van der Waals surface area contributed by atoms with Crippen LogP contribution in [0.4, 0.5) is 0 Å². The predicted molar refractivity (Wildman–Crippen MR) is 93.3 cm³/mol. The third-order valence-electron chi connectivity index (χ3n) is 4.35. The van der Waals surface area contributed by atoms with Crippen LogP contribution in [0.2, 0.25) is 0 Å². The highest BCUT2D eigenvalue weighted by molar-refractivity contribution is 5.77.